The molecule has 0 radical (unpaired) electrons. The number of rotatable bonds is 6. The van der Waals surface area contributed by atoms with Crippen molar-refractivity contribution in [3.05, 3.63) is 34.4 Å². The first-order valence-electron chi connectivity index (χ1n) is 10.7. The Kier molecular flexibility index (Phi) is 6.76. The second kappa shape index (κ2) is 9.21. The molecule has 0 aromatic heterocycles. The SMILES string of the molecule is COc1cc(NC(=O)C2(C)CCc3c(C)c(OC(C)=O)c(C)c(C)c3O2)cc(OC)c1OC. The normalized spacial score (nSPS) is 16.8. The van der Waals surface area contributed by atoms with E-state index in [2.05, 4.69) is 5.32 Å². The number of benzene rings is 2. The van der Waals surface area contributed by atoms with Crippen molar-refractivity contribution in [1.82, 2.24) is 0 Å². The Balaban J connectivity index is 1.93. The van der Waals surface area contributed by atoms with E-state index in [9.17, 15) is 9.59 Å². The van der Waals surface area contributed by atoms with Crippen molar-refractivity contribution in [3.8, 4) is 28.7 Å². The van der Waals surface area contributed by atoms with Gasteiger partial charge in [-0.15, -0.1) is 0 Å². The molecular formula is C25H31NO7. The van der Waals surface area contributed by atoms with Crippen LogP contribution in [0.25, 0.3) is 0 Å². The Bertz CT molecular complexity index is 1080. The van der Waals surface area contributed by atoms with Crippen LogP contribution in [-0.4, -0.2) is 38.8 Å². The lowest BCUT2D eigenvalue weighted by Gasteiger charge is -2.37. The van der Waals surface area contributed by atoms with Gasteiger partial charge in [-0.05, 0) is 50.8 Å². The highest BCUT2D eigenvalue weighted by molar-refractivity contribution is 5.98. The van der Waals surface area contributed by atoms with E-state index in [1.54, 1.807) is 19.1 Å². The van der Waals surface area contributed by atoms with Crippen molar-refractivity contribution in [2.75, 3.05) is 26.6 Å². The molecule has 33 heavy (non-hydrogen) atoms. The van der Waals surface area contributed by atoms with Crippen LogP contribution in [0.1, 0.15) is 42.5 Å². The van der Waals surface area contributed by atoms with Crippen molar-refractivity contribution in [2.45, 2.75) is 53.1 Å². The lowest BCUT2D eigenvalue weighted by Crippen LogP contribution is -2.48. The molecule has 0 saturated heterocycles. The highest BCUT2D eigenvalue weighted by atomic mass is 16.5. The van der Waals surface area contributed by atoms with Crippen LogP contribution in [-0.2, 0) is 16.0 Å². The minimum absolute atomic E-state index is 0.291. The molecule has 8 nitrogen and oxygen atoms in total. The van der Waals surface area contributed by atoms with Gasteiger partial charge in [-0.25, -0.2) is 0 Å². The zero-order valence-electron chi connectivity index (χ0n) is 20.4. The Morgan fingerprint density at radius 1 is 0.939 bits per heavy atom. The number of hydrogen-bond acceptors (Lipinski definition) is 7. The van der Waals surface area contributed by atoms with Crippen LogP contribution in [0.4, 0.5) is 5.69 Å². The van der Waals surface area contributed by atoms with Crippen molar-refractivity contribution in [3.63, 3.8) is 0 Å². The van der Waals surface area contributed by atoms with E-state index in [0.717, 1.165) is 22.3 Å². The molecule has 178 valence electrons. The third-order valence-corrected chi connectivity index (χ3v) is 6.14. The molecule has 1 unspecified atom stereocenters. The summed E-state index contributed by atoms with van der Waals surface area (Å²) in [5, 5.41) is 2.92. The minimum atomic E-state index is -1.10. The molecular weight excluding hydrogens is 426 g/mol. The monoisotopic (exact) mass is 457 g/mol. The fourth-order valence-electron chi connectivity index (χ4n) is 4.11. The van der Waals surface area contributed by atoms with Gasteiger partial charge in [0.15, 0.2) is 17.1 Å². The Labute approximate surface area is 194 Å². The summed E-state index contributed by atoms with van der Waals surface area (Å²) in [6.45, 7) is 8.85. The number of carbonyl (C=O) groups excluding carboxylic acids is 2. The van der Waals surface area contributed by atoms with Gasteiger partial charge in [0.1, 0.15) is 11.5 Å². The van der Waals surface area contributed by atoms with E-state index in [4.69, 9.17) is 23.7 Å². The Morgan fingerprint density at radius 2 is 1.55 bits per heavy atom. The summed E-state index contributed by atoms with van der Waals surface area (Å²) in [5.74, 6) is 1.88. The van der Waals surface area contributed by atoms with Gasteiger partial charge in [0.05, 0.1) is 21.3 Å². The van der Waals surface area contributed by atoms with Gasteiger partial charge in [-0.2, -0.15) is 0 Å². The van der Waals surface area contributed by atoms with Crippen LogP contribution in [0.2, 0.25) is 0 Å². The fraction of sp³-hybridized carbons (Fsp3) is 0.440. The predicted octanol–water partition coefficient (Wildman–Crippen LogP) is 4.29. The number of fused-ring (bicyclic) bond motifs is 1. The summed E-state index contributed by atoms with van der Waals surface area (Å²) in [4.78, 5) is 24.9. The minimum Gasteiger partial charge on any atom is -0.493 e. The number of hydrogen-bond donors (Lipinski definition) is 1. The van der Waals surface area contributed by atoms with Gasteiger partial charge in [0.2, 0.25) is 5.75 Å². The van der Waals surface area contributed by atoms with Crippen LogP contribution in [0.3, 0.4) is 0 Å². The van der Waals surface area contributed by atoms with Crippen molar-refractivity contribution in [2.24, 2.45) is 0 Å². The molecule has 0 bridgehead atoms. The average molecular weight is 458 g/mol. The van der Waals surface area contributed by atoms with Crippen molar-refractivity contribution >= 4 is 17.6 Å². The smallest absolute Gasteiger partial charge is 0.308 e. The van der Waals surface area contributed by atoms with Crippen LogP contribution >= 0.6 is 0 Å². The first-order valence-corrected chi connectivity index (χ1v) is 10.7. The molecule has 8 heteroatoms. The first-order chi connectivity index (χ1) is 15.6. The third kappa shape index (κ3) is 4.42. The topological polar surface area (TPSA) is 92.3 Å². The molecule has 2 aromatic rings. The molecule has 0 aliphatic carbocycles. The van der Waals surface area contributed by atoms with E-state index in [-0.39, 0.29) is 11.9 Å². The van der Waals surface area contributed by atoms with Gasteiger partial charge < -0.3 is 29.0 Å². The van der Waals surface area contributed by atoms with Crippen molar-refractivity contribution in [1.29, 1.82) is 0 Å². The molecule has 1 heterocycles. The first kappa shape index (κ1) is 24.2. The number of ether oxygens (including phenoxy) is 5. The summed E-state index contributed by atoms with van der Waals surface area (Å²) < 4.78 is 27.9. The second-order valence-electron chi connectivity index (χ2n) is 8.31. The van der Waals surface area contributed by atoms with E-state index < -0.39 is 5.60 Å². The number of amides is 1. The zero-order chi connectivity index (χ0) is 24.5. The highest BCUT2D eigenvalue weighted by Gasteiger charge is 2.41. The number of nitrogens with one attached hydrogen (secondary N) is 1. The van der Waals surface area contributed by atoms with Crippen LogP contribution in [0.5, 0.6) is 28.7 Å². The summed E-state index contributed by atoms with van der Waals surface area (Å²) in [5.41, 5.74) is 2.87. The van der Waals surface area contributed by atoms with Gasteiger partial charge >= 0.3 is 5.97 Å². The molecule has 0 spiro atoms. The number of methoxy groups -OCH3 is 3. The van der Waals surface area contributed by atoms with E-state index in [1.807, 2.05) is 20.8 Å². The summed E-state index contributed by atoms with van der Waals surface area (Å²) in [7, 11) is 4.55. The molecule has 1 amide bonds. The van der Waals surface area contributed by atoms with Gasteiger partial charge in [0.25, 0.3) is 5.91 Å². The summed E-state index contributed by atoms with van der Waals surface area (Å²) in [6, 6.07) is 3.34. The quantitative estimate of drug-likeness (QED) is 0.511. The molecule has 3 rings (SSSR count). The standard InChI is InChI=1S/C25H31NO7/c1-13-14(2)22-18(15(3)21(13)32-16(4)27)9-10-25(5,33-22)24(28)26-17-11-19(29-6)23(31-8)20(12-17)30-7/h11-12H,9-10H2,1-8H3,(H,26,28). The highest BCUT2D eigenvalue weighted by Crippen LogP contribution is 2.45. The largest absolute Gasteiger partial charge is 0.493 e. The maximum absolute atomic E-state index is 13.3. The average Bonchev–Trinajstić information content (AvgIpc) is 2.79. The Morgan fingerprint density at radius 3 is 2.06 bits per heavy atom. The zero-order valence-corrected chi connectivity index (χ0v) is 20.4. The van der Waals surface area contributed by atoms with Crippen LogP contribution < -0.4 is 29.0 Å². The Hall–Kier alpha value is -3.42. The fourth-order valence-corrected chi connectivity index (χ4v) is 4.11. The lowest BCUT2D eigenvalue weighted by atomic mass is 9.86. The van der Waals surface area contributed by atoms with Gasteiger partial charge in [-0.1, -0.05) is 0 Å². The summed E-state index contributed by atoms with van der Waals surface area (Å²) in [6.07, 6.45) is 1.06. The van der Waals surface area contributed by atoms with E-state index in [0.29, 0.717) is 47.3 Å². The second-order valence-corrected chi connectivity index (χ2v) is 8.31. The molecule has 1 N–H and O–H groups in total. The van der Waals surface area contributed by atoms with E-state index >= 15 is 0 Å². The third-order valence-electron chi connectivity index (χ3n) is 6.14. The maximum Gasteiger partial charge on any atom is 0.308 e. The number of carbonyl (C=O) groups is 2. The lowest BCUT2D eigenvalue weighted by molar-refractivity contribution is -0.132. The molecule has 1 aliphatic rings. The van der Waals surface area contributed by atoms with Crippen LogP contribution in [0.15, 0.2) is 12.1 Å². The number of anilines is 1. The molecule has 1 aliphatic heterocycles. The van der Waals surface area contributed by atoms with Gasteiger partial charge in [0, 0.05) is 36.7 Å². The summed E-state index contributed by atoms with van der Waals surface area (Å²) >= 11 is 0. The van der Waals surface area contributed by atoms with Crippen LogP contribution in [0, 0.1) is 20.8 Å². The van der Waals surface area contributed by atoms with Crippen molar-refractivity contribution < 1.29 is 33.3 Å². The number of esters is 1. The molecule has 2 aromatic carbocycles. The maximum atomic E-state index is 13.3. The van der Waals surface area contributed by atoms with E-state index in [1.165, 1.54) is 28.3 Å². The van der Waals surface area contributed by atoms with Gasteiger partial charge in [-0.3, -0.25) is 9.59 Å². The predicted molar refractivity (Wildman–Crippen MR) is 124 cm³/mol. The molecule has 0 saturated carbocycles. The molecule has 0 fully saturated rings. The molecule has 1 atom stereocenters.